The van der Waals surface area contributed by atoms with Crippen LogP contribution < -0.4 is 5.32 Å². The van der Waals surface area contributed by atoms with Gasteiger partial charge in [-0.25, -0.2) is 0 Å². The molecule has 0 fully saturated rings. The van der Waals surface area contributed by atoms with E-state index in [2.05, 4.69) is 39.0 Å². The van der Waals surface area contributed by atoms with Crippen LogP contribution in [0.4, 0.5) is 0 Å². The monoisotopic (exact) mass is 262 g/mol. The highest BCUT2D eigenvalue weighted by atomic mass is 127. The molecule has 1 aromatic rings. The third kappa shape index (κ3) is 3.67. The SMILES string of the molecule is ICNCCc1ccccn1. The van der Waals surface area contributed by atoms with Crippen molar-refractivity contribution in [3.05, 3.63) is 30.1 Å². The van der Waals surface area contributed by atoms with E-state index in [0.717, 1.165) is 23.2 Å². The Morgan fingerprint density at radius 3 is 3.00 bits per heavy atom. The zero-order chi connectivity index (χ0) is 7.94. The zero-order valence-corrected chi connectivity index (χ0v) is 8.41. The largest absolute Gasteiger partial charge is 0.308 e. The second-order valence-electron chi connectivity index (χ2n) is 2.20. The Kier molecular flexibility index (Phi) is 4.45. The summed E-state index contributed by atoms with van der Waals surface area (Å²) in [7, 11) is 0. The van der Waals surface area contributed by atoms with Crippen molar-refractivity contribution >= 4 is 22.6 Å². The van der Waals surface area contributed by atoms with E-state index >= 15 is 0 Å². The standard InChI is InChI=1S/C8H11IN2/c9-7-10-6-4-8-3-1-2-5-11-8/h1-3,5,10H,4,6-7H2. The van der Waals surface area contributed by atoms with Crippen molar-refractivity contribution in [2.24, 2.45) is 0 Å². The van der Waals surface area contributed by atoms with E-state index in [-0.39, 0.29) is 0 Å². The molecule has 0 aliphatic rings. The molecule has 0 spiro atoms. The molecule has 0 bridgehead atoms. The number of hydrogen-bond donors (Lipinski definition) is 1. The average molecular weight is 262 g/mol. The Morgan fingerprint density at radius 1 is 1.45 bits per heavy atom. The maximum absolute atomic E-state index is 4.21. The topological polar surface area (TPSA) is 24.9 Å². The van der Waals surface area contributed by atoms with Crippen LogP contribution in [-0.4, -0.2) is 16.1 Å². The van der Waals surface area contributed by atoms with Crippen LogP contribution >= 0.6 is 22.6 Å². The predicted octanol–water partition coefficient (Wildman–Crippen LogP) is 1.61. The van der Waals surface area contributed by atoms with Gasteiger partial charge in [-0.3, -0.25) is 4.98 Å². The highest BCUT2D eigenvalue weighted by molar-refractivity contribution is 14.1. The normalized spacial score (nSPS) is 9.91. The van der Waals surface area contributed by atoms with Gasteiger partial charge in [-0.2, -0.15) is 0 Å². The van der Waals surface area contributed by atoms with E-state index in [0.29, 0.717) is 0 Å². The number of nitrogens with zero attached hydrogens (tertiary/aromatic N) is 1. The Labute approximate surface area is 80.6 Å². The highest BCUT2D eigenvalue weighted by Crippen LogP contribution is 1.92. The Hall–Kier alpha value is -0.160. The number of nitrogens with one attached hydrogen (secondary N) is 1. The van der Waals surface area contributed by atoms with Crippen molar-refractivity contribution in [2.45, 2.75) is 6.42 Å². The minimum atomic E-state index is 1.00. The van der Waals surface area contributed by atoms with Gasteiger partial charge in [-0.05, 0) is 12.1 Å². The third-order valence-corrected chi connectivity index (χ3v) is 1.92. The molecule has 0 atom stereocenters. The smallest absolute Gasteiger partial charge is 0.0480 e. The van der Waals surface area contributed by atoms with E-state index in [1.807, 2.05) is 18.3 Å². The van der Waals surface area contributed by atoms with Gasteiger partial charge in [0.2, 0.25) is 0 Å². The van der Waals surface area contributed by atoms with Gasteiger partial charge >= 0.3 is 0 Å². The highest BCUT2D eigenvalue weighted by Gasteiger charge is 1.90. The Bertz CT molecular complexity index is 189. The quantitative estimate of drug-likeness (QED) is 0.386. The average Bonchev–Trinajstić information content (AvgIpc) is 2.07. The minimum Gasteiger partial charge on any atom is -0.308 e. The lowest BCUT2D eigenvalue weighted by Gasteiger charge is -1.98. The molecule has 0 amide bonds. The summed E-state index contributed by atoms with van der Waals surface area (Å²) < 4.78 is 1.00. The molecule has 2 nitrogen and oxygen atoms in total. The molecule has 3 heteroatoms. The van der Waals surface area contributed by atoms with Crippen molar-refractivity contribution in [1.29, 1.82) is 0 Å². The summed E-state index contributed by atoms with van der Waals surface area (Å²) in [6, 6.07) is 6.01. The Balaban J connectivity index is 2.28. The molecule has 0 radical (unpaired) electrons. The van der Waals surface area contributed by atoms with Crippen LogP contribution in [0, 0.1) is 0 Å². The molecule has 0 unspecified atom stereocenters. The number of aromatic nitrogens is 1. The molecule has 0 saturated carbocycles. The van der Waals surface area contributed by atoms with Gasteiger partial charge < -0.3 is 5.32 Å². The first kappa shape index (κ1) is 8.93. The lowest BCUT2D eigenvalue weighted by Crippen LogP contribution is -2.14. The first-order chi connectivity index (χ1) is 5.43. The fourth-order valence-electron chi connectivity index (χ4n) is 0.829. The fourth-order valence-corrected chi connectivity index (χ4v) is 1.21. The first-order valence-electron chi connectivity index (χ1n) is 3.60. The second-order valence-corrected chi connectivity index (χ2v) is 2.97. The first-order valence-corrected chi connectivity index (χ1v) is 5.12. The van der Waals surface area contributed by atoms with Crippen LogP contribution in [0.3, 0.4) is 0 Å². The van der Waals surface area contributed by atoms with Crippen molar-refractivity contribution in [3.8, 4) is 0 Å². The van der Waals surface area contributed by atoms with Gasteiger partial charge in [0.25, 0.3) is 0 Å². The molecule has 0 aliphatic heterocycles. The fraction of sp³-hybridized carbons (Fsp3) is 0.375. The van der Waals surface area contributed by atoms with Crippen LogP contribution in [0.25, 0.3) is 0 Å². The predicted molar refractivity (Wildman–Crippen MR) is 54.8 cm³/mol. The molecule has 0 aromatic carbocycles. The zero-order valence-electron chi connectivity index (χ0n) is 6.26. The molecular formula is C8H11IN2. The molecule has 1 heterocycles. The lowest BCUT2D eigenvalue weighted by molar-refractivity contribution is 0.770. The van der Waals surface area contributed by atoms with Gasteiger partial charge in [-0.1, -0.05) is 28.7 Å². The summed E-state index contributed by atoms with van der Waals surface area (Å²) in [6.45, 7) is 1.01. The van der Waals surface area contributed by atoms with Crippen LogP contribution in [0.1, 0.15) is 5.69 Å². The van der Waals surface area contributed by atoms with E-state index in [1.54, 1.807) is 0 Å². The van der Waals surface area contributed by atoms with E-state index in [9.17, 15) is 0 Å². The van der Waals surface area contributed by atoms with Crippen molar-refractivity contribution in [3.63, 3.8) is 0 Å². The maximum atomic E-state index is 4.21. The number of halogens is 1. The minimum absolute atomic E-state index is 1.00. The summed E-state index contributed by atoms with van der Waals surface area (Å²) in [5.41, 5.74) is 1.16. The van der Waals surface area contributed by atoms with Crippen LogP contribution in [0.5, 0.6) is 0 Å². The van der Waals surface area contributed by atoms with Gasteiger partial charge in [0, 0.05) is 29.4 Å². The van der Waals surface area contributed by atoms with Crippen LogP contribution in [0.2, 0.25) is 0 Å². The van der Waals surface area contributed by atoms with Gasteiger partial charge in [0.15, 0.2) is 0 Å². The summed E-state index contributed by atoms with van der Waals surface area (Å²) in [6.07, 6.45) is 2.85. The summed E-state index contributed by atoms with van der Waals surface area (Å²) in [5.74, 6) is 0. The van der Waals surface area contributed by atoms with Gasteiger partial charge in [0.1, 0.15) is 0 Å². The second kappa shape index (κ2) is 5.49. The molecule has 0 saturated heterocycles. The molecule has 1 rings (SSSR count). The van der Waals surface area contributed by atoms with Crippen molar-refractivity contribution < 1.29 is 0 Å². The number of rotatable bonds is 4. The van der Waals surface area contributed by atoms with E-state index in [4.69, 9.17) is 0 Å². The number of hydrogen-bond acceptors (Lipinski definition) is 2. The number of pyridine rings is 1. The molecule has 60 valence electrons. The van der Waals surface area contributed by atoms with Gasteiger partial charge in [0.05, 0.1) is 0 Å². The third-order valence-electron chi connectivity index (χ3n) is 1.38. The van der Waals surface area contributed by atoms with Crippen molar-refractivity contribution in [1.82, 2.24) is 10.3 Å². The van der Waals surface area contributed by atoms with Crippen LogP contribution in [-0.2, 0) is 6.42 Å². The summed E-state index contributed by atoms with van der Waals surface area (Å²) in [4.78, 5) is 4.21. The molecule has 1 aromatic heterocycles. The van der Waals surface area contributed by atoms with Crippen LogP contribution in [0.15, 0.2) is 24.4 Å². The maximum Gasteiger partial charge on any atom is 0.0480 e. The molecule has 0 aliphatic carbocycles. The Morgan fingerprint density at radius 2 is 2.36 bits per heavy atom. The van der Waals surface area contributed by atoms with Crippen molar-refractivity contribution in [2.75, 3.05) is 11.1 Å². The molecular weight excluding hydrogens is 251 g/mol. The van der Waals surface area contributed by atoms with Gasteiger partial charge in [-0.15, -0.1) is 0 Å². The molecule has 1 N–H and O–H groups in total. The lowest BCUT2D eigenvalue weighted by atomic mass is 10.3. The van der Waals surface area contributed by atoms with E-state index < -0.39 is 0 Å². The molecule has 11 heavy (non-hydrogen) atoms. The number of alkyl halides is 1. The summed E-state index contributed by atoms with van der Waals surface area (Å²) in [5, 5.41) is 3.24. The summed E-state index contributed by atoms with van der Waals surface area (Å²) >= 11 is 2.30. The van der Waals surface area contributed by atoms with E-state index in [1.165, 1.54) is 0 Å².